The quantitative estimate of drug-likeness (QED) is 0.813. The predicted molar refractivity (Wildman–Crippen MR) is 99.6 cm³/mol. The fourth-order valence-corrected chi connectivity index (χ4v) is 2.93. The standard InChI is InChI=1S/C20H20FN3O3/c1-13-4-9-16(11-17(13)24-10-2-3-18(24)25)23-20(27)19(26)22-12-14-5-7-15(21)8-6-14/h4-9,11H,2-3,10,12H2,1H3,(H,22,26)(H,23,27). The number of amides is 3. The van der Waals surface area contributed by atoms with Crippen LogP contribution in [0.15, 0.2) is 42.5 Å². The SMILES string of the molecule is Cc1ccc(NC(=O)C(=O)NCc2ccc(F)cc2)cc1N1CCCC1=O. The Bertz CT molecular complexity index is 881. The van der Waals surface area contributed by atoms with Gasteiger partial charge in [0, 0.05) is 30.9 Å². The van der Waals surface area contributed by atoms with Gasteiger partial charge in [0.2, 0.25) is 5.91 Å². The van der Waals surface area contributed by atoms with Crippen molar-refractivity contribution in [3.8, 4) is 0 Å². The lowest BCUT2D eigenvalue weighted by Gasteiger charge is -2.19. The van der Waals surface area contributed by atoms with E-state index in [4.69, 9.17) is 0 Å². The molecule has 140 valence electrons. The summed E-state index contributed by atoms with van der Waals surface area (Å²) < 4.78 is 12.9. The summed E-state index contributed by atoms with van der Waals surface area (Å²) in [7, 11) is 0. The number of carbonyl (C=O) groups excluding carboxylic acids is 3. The van der Waals surface area contributed by atoms with E-state index in [2.05, 4.69) is 10.6 Å². The zero-order valence-electron chi connectivity index (χ0n) is 14.9. The normalized spacial score (nSPS) is 13.6. The monoisotopic (exact) mass is 369 g/mol. The highest BCUT2D eigenvalue weighted by atomic mass is 19.1. The van der Waals surface area contributed by atoms with Crippen LogP contribution in [0.5, 0.6) is 0 Å². The maximum atomic E-state index is 12.9. The lowest BCUT2D eigenvalue weighted by Crippen LogP contribution is -2.35. The zero-order chi connectivity index (χ0) is 19.4. The summed E-state index contributed by atoms with van der Waals surface area (Å²) in [5, 5.41) is 5.03. The molecule has 7 heteroatoms. The van der Waals surface area contributed by atoms with Crippen LogP contribution in [0.2, 0.25) is 0 Å². The van der Waals surface area contributed by atoms with Crippen molar-refractivity contribution in [2.45, 2.75) is 26.3 Å². The molecule has 27 heavy (non-hydrogen) atoms. The molecular weight excluding hydrogens is 349 g/mol. The average molecular weight is 369 g/mol. The van der Waals surface area contributed by atoms with Crippen molar-refractivity contribution in [2.75, 3.05) is 16.8 Å². The van der Waals surface area contributed by atoms with Gasteiger partial charge in [-0.3, -0.25) is 14.4 Å². The Morgan fingerprint density at radius 1 is 1.11 bits per heavy atom. The van der Waals surface area contributed by atoms with E-state index in [0.717, 1.165) is 17.7 Å². The van der Waals surface area contributed by atoms with Crippen LogP contribution in [0, 0.1) is 12.7 Å². The number of rotatable bonds is 4. The summed E-state index contributed by atoms with van der Waals surface area (Å²) in [6, 6.07) is 10.8. The van der Waals surface area contributed by atoms with Gasteiger partial charge in [-0.05, 0) is 48.7 Å². The molecule has 1 heterocycles. The molecule has 0 atom stereocenters. The van der Waals surface area contributed by atoms with Gasteiger partial charge in [0.15, 0.2) is 0 Å². The second kappa shape index (κ2) is 7.99. The van der Waals surface area contributed by atoms with Gasteiger partial charge in [-0.1, -0.05) is 18.2 Å². The van der Waals surface area contributed by atoms with Crippen LogP contribution in [-0.4, -0.2) is 24.3 Å². The van der Waals surface area contributed by atoms with Crippen LogP contribution in [0.1, 0.15) is 24.0 Å². The fraction of sp³-hybridized carbons (Fsp3) is 0.250. The van der Waals surface area contributed by atoms with E-state index in [-0.39, 0.29) is 18.3 Å². The first kappa shape index (κ1) is 18.6. The summed E-state index contributed by atoms with van der Waals surface area (Å²) in [5.41, 5.74) is 2.78. The van der Waals surface area contributed by atoms with Crippen molar-refractivity contribution in [1.82, 2.24) is 5.32 Å². The van der Waals surface area contributed by atoms with E-state index in [9.17, 15) is 18.8 Å². The molecule has 6 nitrogen and oxygen atoms in total. The first-order valence-electron chi connectivity index (χ1n) is 8.68. The van der Waals surface area contributed by atoms with Crippen molar-refractivity contribution in [2.24, 2.45) is 0 Å². The summed E-state index contributed by atoms with van der Waals surface area (Å²) in [6.45, 7) is 2.66. The van der Waals surface area contributed by atoms with E-state index >= 15 is 0 Å². The Hall–Kier alpha value is -3.22. The number of carbonyl (C=O) groups is 3. The Kier molecular flexibility index (Phi) is 5.49. The molecular formula is C20H20FN3O3. The first-order valence-corrected chi connectivity index (χ1v) is 8.68. The van der Waals surface area contributed by atoms with Crippen LogP contribution in [-0.2, 0) is 20.9 Å². The third-order valence-electron chi connectivity index (χ3n) is 4.40. The topological polar surface area (TPSA) is 78.5 Å². The van der Waals surface area contributed by atoms with Gasteiger partial charge in [-0.15, -0.1) is 0 Å². The molecule has 0 unspecified atom stereocenters. The van der Waals surface area contributed by atoms with Gasteiger partial charge in [-0.25, -0.2) is 4.39 Å². The molecule has 1 fully saturated rings. The molecule has 0 spiro atoms. The Morgan fingerprint density at radius 3 is 2.52 bits per heavy atom. The largest absolute Gasteiger partial charge is 0.344 e. The molecule has 0 aromatic heterocycles. The fourth-order valence-electron chi connectivity index (χ4n) is 2.93. The van der Waals surface area contributed by atoms with Gasteiger partial charge in [0.1, 0.15) is 5.82 Å². The second-order valence-electron chi connectivity index (χ2n) is 6.41. The van der Waals surface area contributed by atoms with Gasteiger partial charge >= 0.3 is 11.8 Å². The summed E-state index contributed by atoms with van der Waals surface area (Å²) in [6.07, 6.45) is 1.32. The molecule has 3 amide bonds. The minimum Gasteiger partial charge on any atom is -0.344 e. The van der Waals surface area contributed by atoms with E-state index in [1.807, 2.05) is 6.92 Å². The lowest BCUT2D eigenvalue weighted by atomic mass is 10.1. The summed E-state index contributed by atoms with van der Waals surface area (Å²) in [5.74, 6) is -1.91. The first-order chi connectivity index (χ1) is 12.9. The van der Waals surface area contributed by atoms with Gasteiger partial charge in [0.05, 0.1) is 0 Å². The molecule has 2 aromatic rings. The zero-order valence-corrected chi connectivity index (χ0v) is 14.9. The molecule has 1 aliphatic heterocycles. The minimum absolute atomic E-state index is 0.0543. The minimum atomic E-state index is -0.806. The van der Waals surface area contributed by atoms with Gasteiger partial charge in [-0.2, -0.15) is 0 Å². The van der Waals surface area contributed by atoms with Crippen molar-refractivity contribution in [3.63, 3.8) is 0 Å². The summed E-state index contributed by atoms with van der Waals surface area (Å²) in [4.78, 5) is 37.7. The second-order valence-corrected chi connectivity index (χ2v) is 6.41. The van der Waals surface area contributed by atoms with Gasteiger partial charge in [0.25, 0.3) is 0 Å². The molecule has 0 radical (unpaired) electrons. The van der Waals surface area contributed by atoms with Crippen molar-refractivity contribution in [3.05, 3.63) is 59.4 Å². The Labute approximate surface area is 156 Å². The number of hydrogen-bond acceptors (Lipinski definition) is 3. The van der Waals surface area contributed by atoms with Gasteiger partial charge < -0.3 is 15.5 Å². The molecule has 2 N–H and O–H groups in total. The highest BCUT2D eigenvalue weighted by Gasteiger charge is 2.23. The third kappa shape index (κ3) is 4.49. The number of nitrogens with one attached hydrogen (secondary N) is 2. The molecule has 1 saturated heterocycles. The van der Waals surface area contributed by atoms with Crippen LogP contribution in [0.4, 0.5) is 15.8 Å². The summed E-state index contributed by atoms with van der Waals surface area (Å²) >= 11 is 0. The Balaban J connectivity index is 1.62. The highest BCUT2D eigenvalue weighted by molar-refractivity contribution is 6.39. The number of halogens is 1. The van der Waals surface area contributed by atoms with E-state index in [1.165, 1.54) is 24.3 Å². The predicted octanol–water partition coefficient (Wildman–Crippen LogP) is 2.52. The number of anilines is 2. The molecule has 0 bridgehead atoms. The number of benzene rings is 2. The molecule has 0 aliphatic carbocycles. The molecule has 0 saturated carbocycles. The highest BCUT2D eigenvalue weighted by Crippen LogP contribution is 2.28. The van der Waals surface area contributed by atoms with Crippen LogP contribution in [0.25, 0.3) is 0 Å². The van der Waals surface area contributed by atoms with E-state index < -0.39 is 11.8 Å². The molecule has 3 rings (SSSR count). The van der Waals surface area contributed by atoms with Crippen molar-refractivity contribution in [1.29, 1.82) is 0 Å². The smallest absolute Gasteiger partial charge is 0.313 e. The van der Waals surface area contributed by atoms with Crippen molar-refractivity contribution < 1.29 is 18.8 Å². The lowest BCUT2D eigenvalue weighted by molar-refractivity contribution is -0.136. The number of nitrogens with zero attached hydrogens (tertiary/aromatic N) is 1. The molecule has 1 aliphatic rings. The van der Waals surface area contributed by atoms with E-state index in [1.54, 1.807) is 23.1 Å². The van der Waals surface area contributed by atoms with Crippen LogP contribution in [0.3, 0.4) is 0 Å². The third-order valence-corrected chi connectivity index (χ3v) is 4.40. The van der Waals surface area contributed by atoms with E-state index in [0.29, 0.717) is 24.2 Å². The van der Waals surface area contributed by atoms with Crippen LogP contribution >= 0.6 is 0 Å². The number of hydrogen-bond donors (Lipinski definition) is 2. The van der Waals surface area contributed by atoms with Crippen molar-refractivity contribution >= 4 is 29.1 Å². The Morgan fingerprint density at radius 2 is 1.85 bits per heavy atom. The maximum absolute atomic E-state index is 12.9. The number of aryl methyl sites for hydroxylation is 1. The average Bonchev–Trinajstić information content (AvgIpc) is 3.08. The maximum Gasteiger partial charge on any atom is 0.313 e. The molecule has 2 aromatic carbocycles. The van der Waals surface area contributed by atoms with Crippen LogP contribution < -0.4 is 15.5 Å².